The lowest BCUT2D eigenvalue weighted by molar-refractivity contribution is -0.143. The molecule has 0 saturated carbocycles. The van der Waals surface area contributed by atoms with Gasteiger partial charge in [0.15, 0.2) is 0 Å². The summed E-state index contributed by atoms with van der Waals surface area (Å²) in [5.74, 6) is -1.29. The molecule has 0 aliphatic carbocycles. The number of urea groups is 1. The molecular weight excluding hydrogens is 282 g/mol. The Morgan fingerprint density at radius 2 is 2.32 bits per heavy atom. The van der Waals surface area contributed by atoms with Crippen LogP contribution < -0.4 is 5.32 Å². The molecule has 0 radical (unpaired) electrons. The molecule has 1 aromatic heterocycles. The van der Waals surface area contributed by atoms with Gasteiger partial charge in [0.05, 0.1) is 17.7 Å². The molecule has 0 aromatic carbocycles. The lowest BCUT2D eigenvalue weighted by atomic mass is 9.98. The first-order valence-corrected chi connectivity index (χ1v) is 7.81. The largest absolute Gasteiger partial charge is 0.481 e. The quantitative estimate of drug-likeness (QED) is 0.875. The molecule has 1 saturated heterocycles. The lowest BCUT2D eigenvalue weighted by Crippen LogP contribution is -2.48. The number of nitrogens with one attached hydrogen (secondary N) is 1. The number of carboxylic acids is 1. The van der Waals surface area contributed by atoms with Crippen LogP contribution in [0.15, 0.2) is 24.4 Å². The smallest absolute Gasteiger partial charge is 0.317 e. The van der Waals surface area contributed by atoms with E-state index < -0.39 is 11.9 Å². The molecule has 1 aromatic rings. The van der Waals surface area contributed by atoms with Gasteiger partial charge < -0.3 is 15.3 Å². The van der Waals surface area contributed by atoms with Crippen molar-refractivity contribution in [2.45, 2.75) is 38.6 Å². The maximum Gasteiger partial charge on any atom is 0.317 e. The summed E-state index contributed by atoms with van der Waals surface area (Å²) in [5, 5.41) is 12.1. The first-order chi connectivity index (χ1) is 10.6. The van der Waals surface area contributed by atoms with E-state index >= 15 is 0 Å². The fourth-order valence-corrected chi connectivity index (χ4v) is 2.77. The predicted octanol–water partition coefficient (Wildman–Crippen LogP) is 2.43. The first kappa shape index (κ1) is 16.3. The molecule has 0 spiro atoms. The molecule has 2 N–H and O–H groups in total. The lowest BCUT2D eigenvalue weighted by Gasteiger charge is -2.32. The summed E-state index contributed by atoms with van der Waals surface area (Å²) in [5.41, 5.74) is 0.837. The third kappa shape index (κ3) is 4.19. The van der Waals surface area contributed by atoms with Gasteiger partial charge in [0.25, 0.3) is 0 Å². The van der Waals surface area contributed by atoms with Crippen molar-refractivity contribution in [3.8, 4) is 0 Å². The molecule has 22 heavy (non-hydrogen) atoms. The Labute approximate surface area is 130 Å². The number of carboxylic acid groups (broad SMARTS) is 1. The number of likely N-dealkylation sites (tertiary alicyclic amines) is 1. The Hall–Kier alpha value is -2.11. The van der Waals surface area contributed by atoms with Crippen molar-refractivity contribution in [1.29, 1.82) is 0 Å². The number of carbonyl (C=O) groups excluding carboxylic acids is 1. The molecule has 1 aliphatic rings. The SMILES string of the molecule is CCCC(NC(=O)N1CCC[C@H](C(=O)O)C1)c1ccccn1. The van der Waals surface area contributed by atoms with Crippen molar-refractivity contribution in [2.75, 3.05) is 13.1 Å². The number of rotatable bonds is 5. The first-order valence-electron chi connectivity index (χ1n) is 7.81. The molecule has 2 heterocycles. The van der Waals surface area contributed by atoms with Crippen LogP contribution >= 0.6 is 0 Å². The summed E-state index contributed by atoms with van der Waals surface area (Å²) in [6, 6.07) is 5.31. The van der Waals surface area contributed by atoms with Crippen LogP contribution in [-0.4, -0.2) is 40.1 Å². The second kappa shape index (κ2) is 7.77. The van der Waals surface area contributed by atoms with Crippen LogP contribution in [0.25, 0.3) is 0 Å². The number of carbonyl (C=O) groups is 2. The summed E-state index contributed by atoms with van der Waals surface area (Å²) >= 11 is 0. The molecule has 6 nitrogen and oxygen atoms in total. The summed E-state index contributed by atoms with van der Waals surface area (Å²) in [7, 11) is 0. The maximum atomic E-state index is 12.4. The Morgan fingerprint density at radius 1 is 1.50 bits per heavy atom. The minimum atomic E-state index is -0.827. The Morgan fingerprint density at radius 3 is 2.95 bits per heavy atom. The van der Waals surface area contributed by atoms with Gasteiger partial charge in [-0.05, 0) is 31.4 Å². The second-order valence-electron chi connectivity index (χ2n) is 5.67. The van der Waals surface area contributed by atoms with Gasteiger partial charge in [0.2, 0.25) is 0 Å². The van der Waals surface area contributed by atoms with Gasteiger partial charge in [0.1, 0.15) is 0 Å². The molecular formula is C16H23N3O3. The van der Waals surface area contributed by atoms with E-state index in [1.54, 1.807) is 11.1 Å². The van der Waals surface area contributed by atoms with Gasteiger partial charge in [-0.2, -0.15) is 0 Å². The molecule has 1 fully saturated rings. The zero-order valence-electron chi connectivity index (χ0n) is 12.9. The summed E-state index contributed by atoms with van der Waals surface area (Å²) in [4.78, 5) is 29.4. The fourth-order valence-electron chi connectivity index (χ4n) is 2.77. The van der Waals surface area contributed by atoms with Gasteiger partial charge in [-0.15, -0.1) is 0 Å². The van der Waals surface area contributed by atoms with E-state index in [0.717, 1.165) is 25.0 Å². The van der Waals surface area contributed by atoms with Gasteiger partial charge >= 0.3 is 12.0 Å². The number of aromatic nitrogens is 1. The van der Waals surface area contributed by atoms with E-state index in [0.29, 0.717) is 13.0 Å². The van der Waals surface area contributed by atoms with Crippen LogP contribution in [0, 0.1) is 5.92 Å². The van der Waals surface area contributed by atoms with Crippen molar-refractivity contribution in [3.05, 3.63) is 30.1 Å². The molecule has 1 unspecified atom stereocenters. The molecule has 1 aliphatic heterocycles. The minimum absolute atomic E-state index is 0.135. The highest BCUT2D eigenvalue weighted by atomic mass is 16.4. The van der Waals surface area contributed by atoms with Crippen molar-refractivity contribution < 1.29 is 14.7 Å². The normalized spacial score (nSPS) is 19.5. The van der Waals surface area contributed by atoms with Crippen LogP contribution in [-0.2, 0) is 4.79 Å². The van der Waals surface area contributed by atoms with Gasteiger partial charge in [-0.1, -0.05) is 19.4 Å². The number of aliphatic carboxylic acids is 1. The van der Waals surface area contributed by atoms with Crippen molar-refractivity contribution in [1.82, 2.24) is 15.2 Å². The van der Waals surface area contributed by atoms with Gasteiger partial charge in [-0.3, -0.25) is 9.78 Å². The maximum absolute atomic E-state index is 12.4. The Balaban J connectivity index is 2.00. The molecule has 2 atom stereocenters. The third-order valence-electron chi connectivity index (χ3n) is 3.98. The summed E-state index contributed by atoms with van der Waals surface area (Å²) < 4.78 is 0. The summed E-state index contributed by atoms with van der Waals surface area (Å²) in [6.45, 7) is 2.95. The number of nitrogens with zero attached hydrogens (tertiary/aromatic N) is 2. The topological polar surface area (TPSA) is 82.5 Å². The zero-order chi connectivity index (χ0) is 15.9. The molecule has 2 rings (SSSR count). The number of pyridine rings is 1. The molecule has 6 heteroatoms. The third-order valence-corrected chi connectivity index (χ3v) is 3.98. The minimum Gasteiger partial charge on any atom is -0.481 e. The average Bonchev–Trinajstić information content (AvgIpc) is 2.55. The molecule has 2 amide bonds. The Bertz CT molecular complexity index is 507. The highest BCUT2D eigenvalue weighted by Gasteiger charge is 2.29. The van der Waals surface area contributed by atoms with Crippen LogP contribution in [0.3, 0.4) is 0 Å². The van der Waals surface area contributed by atoms with E-state index in [4.69, 9.17) is 5.11 Å². The van der Waals surface area contributed by atoms with Crippen LogP contribution in [0.4, 0.5) is 4.79 Å². The monoisotopic (exact) mass is 305 g/mol. The number of piperidine rings is 1. The van der Waals surface area contributed by atoms with E-state index in [-0.39, 0.29) is 18.6 Å². The molecule has 0 bridgehead atoms. The van der Waals surface area contributed by atoms with E-state index in [9.17, 15) is 9.59 Å². The van der Waals surface area contributed by atoms with Crippen molar-refractivity contribution >= 4 is 12.0 Å². The average molecular weight is 305 g/mol. The summed E-state index contributed by atoms with van der Waals surface area (Å²) in [6.07, 6.45) is 4.81. The fraction of sp³-hybridized carbons (Fsp3) is 0.562. The van der Waals surface area contributed by atoms with E-state index in [1.165, 1.54) is 0 Å². The highest BCUT2D eigenvalue weighted by Crippen LogP contribution is 2.19. The number of hydrogen-bond donors (Lipinski definition) is 2. The second-order valence-corrected chi connectivity index (χ2v) is 5.67. The van der Waals surface area contributed by atoms with Crippen LogP contribution in [0.1, 0.15) is 44.3 Å². The zero-order valence-corrected chi connectivity index (χ0v) is 12.9. The number of amides is 2. The van der Waals surface area contributed by atoms with Crippen LogP contribution in [0.5, 0.6) is 0 Å². The van der Waals surface area contributed by atoms with Crippen molar-refractivity contribution in [3.63, 3.8) is 0 Å². The highest BCUT2D eigenvalue weighted by molar-refractivity contribution is 5.76. The van der Waals surface area contributed by atoms with Gasteiger partial charge in [0, 0.05) is 19.3 Å². The van der Waals surface area contributed by atoms with E-state index in [2.05, 4.69) is 17.2 Å². The molecule has 120 valence electrons. The van der Waals surface area contributed by atoms with Gasteiger partial charge in [-0.25, -0.2) is 4.79 Å². The Kier molecular flexibility index (Phi) is 5.75. The standard InChI is InChI=1S/C16H23N3O3/c1-2-6-14(13-8-3-4-9-17-13)18-16(22)19-10-5-7-12(11-19)15(20)21/h3-4,8-9,12,14H,2,5-7,10-11H2,1H3,(H,18,22)(H,20,21)/t12-,14?/m0/s1. The predicted molar refractivity (Wildman–Crippen MR) is 82.4 cm³/mol. The van der Waals surface area contributed by atoms with Crippen molar-refractivity contribution in [2.24, 2.45) is 5.92 Å². The number of hydrogen-bond acceptors (Lipinski definition) is 3. The van der Waals surface area contributed by atoms with Crippen LogP contribution in [0.2, 0.25) is 0 Å². The van der Waals surface area contributed by atoms with E-state index in [1.807, 2.05) is 18.2 Å².